The van der Waals surface area contributed by atoms with E-state index in [0.717, 1.165) is 51.0 Å². The smallest absolute Gasteiger partial charge is 0.341 e. The van der Waals surface area contributed by atoms with Crippen LogP contribution in [0.3, 0.4) is 0 Å². The fraction of sp³-hybridized carbons (Fsp3) is 0.636. The Kier molecular flexibility index (Phi) is 6.67. The second kappa shape index (κ2) is 9.03. The Balaban J connectivity index is 1.56. The van der Waals surface area contributed by atoms with Gasteiger partial charge in [-0.1, -0.05) is 33.1 Å². The molecule has 0 aliphatic carbocycles. The van der Waals surface area contributed by atoms with E-state index in [1.165, 1.54) is 14.2 Å². The lowest BCUT2D eigenvalue weighted by atomic mass is 9.72. The van der Waals surface area contributed by atoms with Crippen molar-refractivity contribution in [1.82, 2.24) is 5.32 Å². The summed E-state index contributed by atoms with van der Waals surface area (Å²) in [6.45, 7) is 6.53. The highest BCUT2D eigenvalue weighted by atomic mass is 16.6. The Morgan fingerprint density at radius 1 is 1.28 bits per heavy atom. The molecule has 0 amide bonds. The lowest BCUT2D eigenvalue weighted by molar-refractivity contribution is -0.180. The highest BCUT2D eigenvalue weighted by Crippen LogP contribution is 2.43. The van der Waals surface area contributed by atoms with Crippen molar-refractivity contribution in [1.29, 1.82) is 0 Å². The van der Waals surface area contributed by atoms with Gasteiger partial charge in [0.1, 0.15) is 11.3 Å². The molecule has 2 aliphatic rings. The summed E-state index contributed by atoms with van der Waals surface area (Å²) in [6.07, 6.45) is 4.02. The van der Waals surface area contributed by atoms with Crippen LogP contribution in [0.2, 0.25) is 0 Å². The molecule has 2 unspecified atom stereocenters. The van der Waals surface area contributed by atoms with Crippen molar-refractivity contribution in [2.24, 2.45) is 11.3 Å². The van der Waals surface area contributed by atoms with Crippen molar-refractivity contribution in [3.63, 3.8) is 0 Å². The Bertz CT molecular complexity index is 745. The maximum atomic E-state index is 12.4. The number of hydrogen-bond donors (Lipinski definition) is 1. The van der Waals surface area contributed by atoms with Gasteiger partial charge >= 0.3 is 11.9 Å². The molecule has 1 aromatic carbocycles. The molecule has 2 fully saturated rings. The van der Waals surface area contributed by atoms with Crippen LogP contribution in [0.4, 0.5) is 5.69 Å². The fourth-order valence-electron chi connectivity index (χ4n) is 4.02. The number of benzene rings is 1. The van der Waals surface area contributed by atoms with Crippen LogP contribution >= 0.6 is 0 Å². The van der Waals surface area contributed by atoms with Crippen LogP contribution in [0.25, 0.3) is 0 Å². The standard InChI is InChI=1S/C22H32N2O5/c1-5-6-7-8-15(2)19(25)29-21-22(12-23-21)13-24(14-22)16-9-10-17(20(26)28-4)18(11-16)27-3/h9-11,15,21,23H,5-8,12-14H2,1-4H3. The second-order valence-electron chi connectivity index (χ2n) is 8.19. The molecule has 0 bridgehead atoms. The zero-order valence-electron chi connectivity index (χ0n) is 17.8. The molecular formula is C22H32N2O5. The summed E-state index contributed by atoms with van der Waals surface area (Å²) in [7, 11) is 2.89. The summed E-state index contributed by atoms with van der Waals surface area (Å²) in [5.41, 5.74) is 1.35. The summed E-state index contributed by atoms with van der Waals surface area (Å²) in [5, 5.41) is 3.26. The van der Waals surface area contributed by atoms with Crippen LogP contribution in [-0.4, -0.2) is 52.0 Å². The van der Waals surface area contributed by atoms with Gasteiger partial charge in [-0.25, -0.2) is 4.79 Å². The molecule has 0 saturated carbocycles. The third kappa shape index (κ3) is 4.34. The monoisotopic (exact) mass is 404 g/mol. The van der Waals surface area contributed by atoms with E-state index in [2.05, 4.69) is 17.1 Å². The van der Waals surface area contributed by atoms with E-state index < -0.39 is 5.97 Å². The first-order valence-corrected chi connectivity index (χ1v) is 10.4. The van der Waals surface area contributed by atoms with Crippen molar-refractivity contribution in [3.8, 4) is 5.75 Å². The van der Waals surface area contributed by atoms with Gasteiger partial charge in [-0.3, -0.25) is 10.1 Å². The van der Waals surface area contributed by atoms with Crippen LogP contribution in [0, 0.1) is 11.3 Å². The van der Waals surface area contributed by atoms with Gasteiger partial charge in [0.15, 0.2) is 6.23 Å². The van der Waals surface area contributed by atoms with Gasteiger partial charge in [0.25, 0.3) is 0 Å². The minimum Gasteiger partial charge on any atom is -0.496 e. The Hall–Kier alpha value is -2.28. The summed E-state index contributed by atoms with van der Waals surface area (Å²) >= 11 is 0. The number of esters is 2. The highest BCUT2D eigenvalue weighted by molar-refractivity contribution is 5.93. The third-order valence-electron chi connectivity index (χ3n) is 6.04. The number of rotatable bonds is 9. The molecule has 7 heteroatoms. The zero-order valence-corrected chi connectivity index (χ0v) is 17.8. The predicted molar refractivity (Wildman–Crippen MR) is 110 cm³/mol. The van der Waals surface area contributed by atoms with Crippen LogP contribution in [-0.2, 0) is 14.3 Å². The van der Waals surface area contributed by atoms with Crippen LogP contribution in [0.15, 0.2) is 18.2 Å². The SMILES string of the molecule is CCCCCC(C)C(=O)OC1NCC12CN(c1ccc(C(=O)OC)c(OC)c1)C2. The molecule has 1 aromatic rings. The zero-order chi connectivity index (χ0) is 21.0. The average molecular weight is 405 g/mol. The number of anilines is 1. The van der Waals surface area contributed by atoms with Gasteiger partial charge in [0, 0.05) is 31.4 Å². The largest absolute Gasteiger partial charge is 0.496 e. The first-order valence-electron chi connectivity index (χ1n) is 10.4. The number of unbranched alkanes of at least 4 members (excludes halogenated alkanes) is 2. The molecule has 2 aliphatic heterocycles. The Morgan fingerprint density at radius 2 is 2.03 bits per heavy atom. The maximum Gasteiger partial charge on any atom is 0.341 e. The number of hydrogen-bond acceptors (Lipinski definition) is 7. The first-order chi connectivity index (χ1) is 13.9. The number of ether oxygens (including phenoxy) is 3. The van der Waals surface area contributed by atoms with E-state index in [4.69, 9.17) is 14.2 Å². The summed E-state index contributed by atoms with van der Waals surface area (Å²) in [5.74, 6) is -0.102. The average Bonchev–Trinajstić information content (AvgIpc) is 2.69. The van der Waals surface area contributed by atoms with E-state index in [1.807, 2.05) is 19.1 Å². The van der Waals surface area contributed by atoms with Crippen LogP contribution < -0.4 is 15.0 Å². The normalized spacial score (nSPS) is 20.4. The minimum atomic E-state index is -0.420. The Morgan fingerprint density at radius 3 is 2.62 bits per heavy atom. The van der Waals surface area contributed by atoms with Crippen LogP contribution in [0.1, 0.15) is 49.9 Å². The lowest BCUT2D eigenvalue weighted by Crippen LogP contribution is -2.77. The number of nitrogens with one attached hydrogen (secondary N) is 1. The molecule has 2 saturated heterocycles. The van der Waals surface area contributed by atoms with E-state index in [0.29, 0.717) is 11.3 Å². The van der Waals surface area contributed by atoms with Crippen LogP contribution in [0.5, 0.6) is 5.75 Å². The highest BCUT2D eigenvalue weighted by Gasteiger charge is 2.57. The quantitative estimate of drug-likeness (QED) is 0.501. The predicted octanol–water partition coefficient (Wildman–Crippen LogP) is 2.98. The van der Waals surface area contributed by atoms with E-state index in [9.17, 15) is 9.59 Å². The van der Waals surface area contributed by atoms with Gasteiger partial charge in [0.2, 0.25) is 0 Å². The summed E-state index contributed by atoms with van der Waals surface area (Å²) in [4.78, 5) is 26.4. The molecule has 1 spiro atoms. The van der Waals surface area contributed by atoms with Crippen molar-refractivity contribution in [3.05, 3.63) is 23.8 Å². The molecule has 2 heterocycles. The Labute approximate surface area is 172 Å². The van der Waals surface area contributed by atoms with E-state index in [1.54, 1.807) is 6.07 Å². The number of carbonyl (C=O) groups excluding carboxylic acids is 2. The summed E-state index contributed by atoms with van der Waals surface area (Å²) < 4.78 is 15.9. The molecule has 0 radical (unpaired) electrons. The molecule has 1 N–H and O–H groups in total. The molecule has 7 nitrogen and oxygen atoms in total. The van der Waals surface area contributed by atoms with Gasteiger partial charge in [-0.2, -0.15) is 0 Å². The van der Waals surface area contributed by atoms with Gasteiger partial charge in [0.05, 0.1) is 25.6 Å². The van der Waals surface area contributed by atoms with Crippen molar-refractivity contribution < 1.29 is 23.8 Å². The maximum absolute atomic E-state index is 12.4. The molecule has 0 aromatic heterocycles. The second-order valence-corrected chi connectivity index (χ2v) is 8.19. The van der Waals surface area contributed by atoms with Gasteiger partial charge in [-0.15, -0.1) is 0 Å². The molecule has 3 rings (SSSR count). The van der Waals surface area contributed by atoms with E-state index >= 15 is 0 Å². The lowest BCUT2D eigenvalue weighted by Gasteiger charge is -2.60. The molecule has 2 atom stereocenters. The topological polar surface area (TPSA) is 77.1 Å². The van der Waals surface area contributed by atoms with Gasteiger partial charge in [-0.05, 0) is 18.6 Å². The molecular weight excluding hydrogens is 372 g/mol. The van der Waals surface area contributed by atoms with Gasteiger partial charge < -0.3 is 19.1 Å². The minimum absolute atomic E-state index is 0.0347. The number of methoxy groups -OCH3 is 2. The fourth-order valence-corrected chi connectivity index (χ4v) is 4.02. The molecule has 29 heavy (non-hydrogen) atoms. The van der Waals surface area contributed by atoms with Crippen molar-refractivity contribution in [2.75, 3.05) is 38.8 Å². The van der Waals surface area contributed by atoms with Crippen molar-refractivity contribution >= 4 is 17.6 Å². The summed E-state index contributed by atoms with van der Waals surface area (Å²) in [6, 6.07) is 5.46. The first kappa shape index (κ1) is 21.4. The third-order valence-corrected chi connectivity index (χ3v) is 6.04. The van der Waals surface area contributed by atoms with E-state index in [-0.39, 0.29) is 23.5 Å². The number of nitrogens with zero attached hydrogens (tertiary/aromatic N) is 1. The number of carbonyl (C=O) groups is 2. The van der Waals surface area contributed by atoms with Crippen molar-refractivity contribution in [2.45, 2.75) is 45.8 Å². The molecule has 160 valence electrons.